The number of nitrogen functional groups attached to an aromatic ring is 1. The van der Waals surface area contributed by atoms with E-state index in [1.165, 1.54) is 12.1 Å². The van der Waals surface area contributed by atoms with Gasteiger partial charge in [-0.2, -0.15) is 4.98 Å². The van der Waals surface area contributed by atoms with Gasteiger partial charge in [0.05, 0.1) is 11.9 Å². The molecule has 2 rings (SSSR count). The number of aromatic nitrogens is 2. The van der Waals surface area contributed by atoms with Crippen molar-refractivity contribution in [1.82, 2.24) is 9.97 Å². The third kappa shape index (κ3) is 2.63. The summed E-state index contributed by atoms with van der Waals surface area (Å²) in [7, 11) is 0. The molecule has 0 unspecified atom stereocenters. The van der Waals surface area contributed by atoms with E-state index < -0.39 is 11.6 Å². The van der Waals surface area contributed by atoms with Crippen LogP contribution in [0.15, 0.2) is 24.4 Å². The second-order valence-electron chi connectivity index (χ2n) is 3.28. The Morgan fingerprint density at radius 1 is 1.22 bits per heavy atom. The first kappa shape index (κ1) is 12.5. The maximum absolute atomic E-state index is 13.5. The summed E-state index contributed by atoms with van der Waals surface area (Å²) in [6, 6.07) is 3.94. The molecule has 0 aliphatic rings. The average molecular weight is 272 g/mol. The number of nitrogens with two attached hydrogens (primary N) is 1. The van der Waals surface area contributed by atoms with Gasteiger partial charge in [0.25, 0.3) is 0 Å². The third-order valence-corrected chi connectivity index (χ3v) is 2.29. The van der Waals surface area contributed by atoms with Crippen LogP contribution in [0.5, 0.6) is 0 Å². The van der Waals surface area contributed by atoms with Crippen molar-refractivity contribution in [2.75, 3.05) is 10.7 Å². The first-order valence-corrected chi connectivity index (χ1v) is 5.19. The predicted molar refractivity (Wildman–Crippen MR) is 64.5 cm³/mol. The van der Waals surface area contributed by atoms with Crippen molar-refractivity contribution in [3.63, 3.8) is 0 Å². The van der Waals surface area contributed by atoms with E-state index in [2.05, 4.69) is 20.7 Å². The highest BCUT2D eigenvalue weighted by Crippen LogP contribution is 2.23. The van der Waals surface area contributed by atoms with Crippen LogP contribution in [0, 0.1) is 11.6 Å². The largest absolute Gasteiger partial charge is 0.335 e. The summed E-state index contributed by atoms with van der Waals surface area (Å²) in [5.74, 6) is 3.55. The molecule has 18 heavy (non-hydrogen) atoms. The van der Waals surface area contributed by atoms with Gasteiger partial charge >= 0.3 is 0 Å². The highest BCUT2D eigenvalue weighted by Gasteiger charge is 2.09. The van der Waals surface area contributed by atoms with Crippen molar-refractivity contribution in [2.24, 2.45) is 5.84 Å². The van der Waals surface area contributed by atoms with E-state index in [4.69, 9.17) is 17.4 Å². The van der Waals surface area contributed by atoms with E-state index in [0.717, 1.165) is 12.3 Å². The maximum Gasteiger partial charge on any atom is 0.239 e. The molecular weight excluding hydrogens is 264 g/mol. The first-order valence-electron chi connectivity index (χ1n) is 4.81. The fraction of sp³-hybridized carbons (Fsp3) is 0. The van der Waals surface area contributed by atoms with Crippen molar-refractivity contribution in [2.45, 2.75) is 0 Å². The molecular formula is C10H8ClF2N5. The minimum atomic E-state index is -0.733. The molecule has 0 bridgehead atoms. The minimum Gasteiger partial charge on any atom is -0.335 e. The van der Waals surface area contributed by atoms with Crippen LogP contribution < -0.4 is 16.6 Å². The summed E-state index contributed by atoms with van der Waals surface area (Å²) in [6.07, 6.45) is 0.915. The number of nitrogens with one attached hydrogen (secondary N) is 2. The van der Waals surface area contributed by atoms with Crippen LogP contribution in [0.3, 0.4) is 0 Å². The Hall–Kier alpha value is -1.99. The fourth-order valence-electron chi connectivity index (χ4n) is 1.24. The van der Waals surface area contributed by atoms with Crippen LogP contribution in [0.4, 0.5) is 26.2 Å². The van der Waals surface area contributed by atoms with Gasteiger partial charge in [0.15, 0.2) is 11.6 Å². The molecule has 8 heteroatoms. The molecule has 5 nitrogen and oxygen atoms in total. The fourth-order valence-corrected chi connectivity index (χ4v) is 1.40. The average Bonchev–Trinajstić information content (AvgIpc) is 2.35. The van der Waals surface area contributed by atoms with E-state index in [-0.39, 0.29) is 22.5 Å². The number of hydrazine groups is 1. The quantitative estimate of drug-likeness (QED) is 0.590. The molecule has 1 aromatic heterocycles. The van der Waals surface area contributed by atoms with E-state index in [1.807, 2.05) is 0 Å². The van der Waals surface area contributed by atoms with Crippen LogP contribution in [-0.2, 0) is 0 Å². The van der Waals surface area contributed by atoms with Crippen molar-refractivity contribution in [3.05, 3.63) is 41.1 Å². The van der Waals surface area contributed by atoms with Gasteiger partial charge in [0.1, 0.15) is 5.82 Å². The van der Waals surface area contributed by atoms with E-state index in [0.29, 0.717) is 0 Å². The highest BCUT2D eigenvalue weighted by molar-refractivity contribution is 6.30. The molecule has 2 aromatic rings. The standard InChI is InChI=1S/C10H8ClF2N5/c11-5-1-2-8(6(12)3-5)16-9-7(13)4-15-10(17-9)18-14/h1-4H,14H2,(H2,15,16,17,18). The van der Waals surface area contributed by atoms with Crippen LogP contribution in [0.2, 0.25) is 5.02 Å². The third-order valence-electron chi connectivity index (χ3n) is 2.06. The Kier molecular flexibility index (Phi) is 3.54. The molecule has 0 radical (unpaired) electrons. The molecule has 4 N–H and O–H groups in total. The number of anilines is 3. The first-order chi connectivity index (χ1) is 8.60. The summed E-state index contributed by atoms with van der Waals surface area (Å²) in [5.41, 5.74) is 2.20. The SMILES string of the molecule is NNc1ncc(F)c(Nc2ccc(Cl)cc2F)n1. The lowest BCUT2D eigenvalue weighted by molar-refractivity contribution is 0.616. The second kappa shape index (κ2) is 5.11. The highest BCUT2D eigenvalue weighted by atomic mass is 35.5. The van der Waals surface area contributed by atoms with Crippen LogP contribution in [0.25, 0.3) is 0 Å². The lowest BCUT2D eigenvalue weighted by atomic mass is 10.3. The van der Waals surface area contributed by atoms with E-state index >= 15 is 0 Å². The summed E-state index contributed by atoms with van der Waals surface area (Å²) in [4.78, 5) is 7.28. The zero-order chi connectivity index (χ0) is 13.1. The summed E-state index contributed by atoms with van der Waals surface area (Å²) in [5, 5.41) is 2.73. The summed E-state index contributed by atoms with van der Waals surface area (Å²) >= 11 is 5.60. The zero-order valence-electron chi connectivity index (χ0n) is 8.92. The second-order valence-corrected chi connectivity index (χ2v) is 3.72. The van der Waals surface area contributed by atoms with Crippen LogP contribution in [0.1, 0.15) is 0 Å². The van der Waals surface area contributed by atoms with Crippen LogP contribution >= 0.6 is 11.6 Å². The van der Waals surface area contributed by atoms with Crippen molar-refractivity contribution >= 4 is 29.1 Å². The van der Waals surface area contributed by atoms with Crippen LogP contribution in [-0.4, -0.2) is 9.97 Å². The number of halogens is 3. The molecule has 0 aliphatic carbocycles. The molecule has 0 amide bonds. The lowest BCUT2D eigenvalue weighted by Crippen LogP contribution is -2.12. The number of nitrogens with zero attached hydrogens (tertiary/aromatic N) is 2. The lowest BCUT2D eigenvalue weighted by Gasteiger charge is -2.08. The van der Waals surface area contributed by atoms with E-state index in [9.17, 15) is 8.78 Å². The molecule has 0 saturated heterocycles. The Labute approximate surface area is 106 Å². The molecule has 0 spiro atoms. The van der Waals surface area contributed by atoms with Crippen molar-refractivity contribution in [3.8, 4) is 0 Å². The van der Waals surface area contributed by atoms with Gasteiger partial charge < -0.3 is 5.32 Å². The Bertz CT molecular complexity index is 578. The Balaban J connectivity index is 2.33. The van der Waals surface area contributed by atoms with Gasteiger partial charge in [-0.1, -0.05) is 11.6 Å². The van der Waals surface area contributed by atoms with E-state index in [1.54, 1.807) is 0 Å². The Morgan fingerprint density at radius 2 is 2.00 bits per heavy atom. The van der Waals surface area contributed by atoms with Gasteiger partial charge in [-0.15, -0.1) is 0 Å². The topological polar surface area (TPSA) is 75.9 Å². The number of benzene rings is 1. The molecule has 0 saturated carbocycles. The predicted octanol–water partition coefficient (Wildman–Crippen LogP) is 2.44. The molecule has 0 atom stereocenters. The van der Waals surface area contributed by atoms with Crippen molar-refractivity contribution < 1.29 is 8.78 Å². The number of hydrogen-bond donors (Lipinski definition) is 3. The summed E-state index contributed by atoms with van der Waals surface area (Å²) in [6.45, 7) is 0. The van der Waals surface area contributed by atoms with Gasteiger partial charge in [0.2, 0.25) is 5.95 Å². The summed E-state index contributed by atoms with van der Waals surface area (Å²) < 4.78 is 26.9. The molecule has 0 aliphatic heterocycles. The normalized spacial score (nSPS) is 10.2. The number of rotatable bonds is 3. The van der Waals surface area contributed by atoms with Gasteiger partial charge in [-0.3, -0.25) is 5.43 Å². The smallest absolute Gasteiger partial charge is 0.239 e. The van der Waals surface area contributed by atoms with Gasteiger partial charge in [-0.05, 0) is 18.2 Å². The van der Waals surface area contributed by atoms with Crippen molar-refractivity contribution in [1.29, 1.82) is 0 Å². The monoisotopic (exact) mass is 271 g/mol. The maximum atomic E-state index is 13.5. The molecule has 94 valence electrons. The molecule has 1 aromatic carbocycles. The van der Waals surface area contributed by atoms with Gasteiger partial charge in [-0.25, -0.2) is 19.6 Å². The number of hydrogen-bond acceptors (Lipinski definition) is 5. The molecule has 1 heterocycles. The molecule has 0 fully saturated rings. The zero-order valence-corrected chi connectivity index (χ0v) is 9.67. The van der Waals surface area contributed by atoms with Gasteiger partial charge in [0, 0.05) is 5.02 Å². The minimum absolute atomic E-state index is 0.00766. The Morgan fingerprint density at radius 3 is 2.67 bits per heavy atom.